The Morgan fingerprint density at radius 2 is 2.25 bits per heavy atom. The maximum atomic E-state index is 14.2. The number of aryl methyl sites for hydroxylation is 1. The third kappa shape index (κ3) is 2.60. The number of rotatable bonds is 2. The third-order valence-corrected chi connectivity index (χ3v) is 5.97. The molecule has 11 heteroatoms. The van der Waals surface area contributed by atoms with Gasteiger partial charge in [0.25, 0.3) is 5.91 Å². The lowest BCUT2D eigenvalue weighted by molar-refractivity contribution is 0.0673. The van der Waals surface area contributed by atoms with E-state index in [9.17, 15) is 9.18 Å². The smallest absolute Gasteiger partial charge is 0.292 e. The lowest BCUT2D eigenvalue weighted by Gasteiger charge is -2.33. The van der Waals surface area contributed by atoms with Crippen molar-refractivity contribution in [1.82, 2.24) is 34.6 Å². The van der Waals surface area contributed by atoms with Gasteiger partial charge >= 0.3 is 0 Å². The zero-order valence-electron chi connectivity index (χ0n) is 14.6. The van der Waals surface area contributed by atoms with E-state index in [1.807, 2.05) is 6.07 Å². The number of nitrogens with one attached hydrogen (secondary N) is 1. The molecule has 0 fully saturated rings. The highest BCUT2D eigenvalue weighted by Gasteiger charge is 2.38. The quantitative estimate of drug-likeness (QED) is 0.541. The summed E-state index contributed by atoms with van der Waals surface area (Å²) in [6.07, 6.45) is 2.21. The minimum Gasteiger partial charge on any atom is -0.348 e. The summed E-state index contributed by atoms with van der Waals surface area (Å²) in [7, 11) is 1.61. The molecule has 0 aliphatic carbocycles. The highest BCUT2D eigenvalue weighted by molar-refractivity contribution is 7.18. The average Bonchev–Trinajstić information content (AvgIpc) is 3.38. The molecule has 0 radical (unpaired) electrons. The van der Waals surface area contributed by atoms with Crippen molar-refractivity contribution >= 4 is 39.1 Å². The summed E-state index contributed by atoms with van der Waals surface area (Å²) in [6.45, 7) is 0.432. The number of H-pyrrole nitrogens is 1. The lowest BCUT2D eigenvalue weighted by Crippen LogP contribution is -2.41. The van der Waals surface area contributed by atoms with Gasteiger partial charge in [-0.25, -0.2) is 19.0 Å². The number of amides is 1. The van der Waals surface area contributed by atoms with Crippen LogP contribution in [0.15, 0.2) is 24.5 Å². The van der Waals surface area contributed by atoms with E-state index in [-0.39, 0.29) is 17.0 Å². The van der Waals surface area contributed by atoms with E-state index in [0.717, 1.165) is 5.69 Å². The van der Waals surface area contributed by atoms with Gasteiger partial charge in [-0.05, 0) is 23.7 Å². The molecule has 1 amide bonds. The summed E-state index contributed by atoms with van der Waals surface area (Å²) in [5.41, 5.74) is 1.93. The van der Waals surface area contributed by atoms with Gasteiger partial charge < -0.3 is 9.88 Å². The molecule has 4 aromatic rings. The lowest BCUT2D eigenvalue weighted by atomic mass is 10.0. The molecular formula is C17H13ClFN7OS. The largest absolute Gasteiger partial charge is 0.348 e. The molecule has 4 heterocycles. The Hall–Kier alpha value is -2.85. The standard InChI is InChI=1S/C17H13ClFN7OS/c1-25-14(23-17(18)24-25)16(27)26-6-5-9-12(21-7-20-9)13(26)15-22-11-8(19)3-2-4-10(11)28-15/h2-4,7,13H,5-6H2,1H3,(H,20,21)/t13-/m0/s1. The number of carbonyl (C=O) groups excluding carboxylic acids is 1. The van der Waals surface area contributed by atoms with Gasteiger partial charge in [0, 0.05) is 25.7 Å². The van der Waals surface area contributed by atoms with Gasteiger partial charge in [0.15, 0.2) is 0 Å². The highest BCUT2D eigenvalue weighted by atomic mass is 35.5. The molecule has 8 nitrogen and oxygen atoms in total. The van der Waals surface area contributed by atoms with Crippen molar-refractivity contribution in [1.29, 1.82) is 0 Å². The molecule has 1 atom stereocenters. The summed E-state index contributed by atoms with van der Waals surface area (Å²) in [6, 6.07) is 4.28. The van der Waals surface area contributed by atoms with Crippen molar-refractivity contribution < 1.29 is 9.18 Å². The van der Waals surface area contributed by atoms with Crippen LogP contribution in [0.2, 0.25) is 5.28 Å². The van der Waals surface area contributed by atoms with Crippen LogP contribution in [0.4, 0.5) is 4.39 Å². The van der Waals surface area contributed by atoms with Gasteiger partial charge in [-0.1, -0.05) is 6.07 Å². The van der Waals surface area contributed by atoms with Gasteiger partial charge in [0.05, 0.1) is 16.7 Å². The molecule has 3 aromatic heterocycles. The number of benzene rings is 1. The Labute approximate surface area is 167 Å². The first kappa shape index (κ1) is 17.3. The first-order valence-electron chi connectivity index (χ1n) is 8.47. The minimum absolute atomic E-state index is 0.00178. The molecule has 0 saturated heterocycles. The Morgan fingerprint density at radius 1 is 1.39 bits per heavy atom. The van der Waals surface area contributed by atoms with Crippen molar-refractivity contribution in [2.75, 3.05) is 6.54 Å². The number of halogens is 2. The van der Waals surface area contributed by atoms with E-state index in [0.29, 0.717) is 33.9 Å². The average molecular weight is 418 g/mol. The van der Waals surface area contributed by atoms with Crippen LogP contribution in [0.25, 0.3) is 10.2 Å². The van der Waals surface area contributed by atoms with Gasteiger partial charge in [0.1, 0.15) is 22.4 Å². The molecular weight excluding hydrogens is 405 g/mol. The summed E-state index contributed by atoms with van der Waals surface area (Å²) in [5, 5.41) is 4.54. The van der Waals surface area contributed by atoms with Crippen LogP contribution in [0.5, 0.6) is 0 Å². The summed E-state index contributed by atoms with van der Waals surface area (Å²) in [4.78, 5) is 30.9. The van der Waals surface area contributed by atoms with E-state index in [4.69, 9.17) is 11.6 Å². The first-order valence-corrected chi connectivity index (χ1v) is 9.67. The fourth-order valence-electron chi connectivity index (χ4n) is 3.46. The van der Waals surface area contributed by atoms with Crippen LogP contribution < -0.4 is 0 Å². The maximum Gasteiger partial charge on any atom is 0.292 e. The molecule has 28 heavy (non-hydrogen) atoms. The Morgan fingerprint density at radius 3 is 3.00 bits per heavy atom. The molecule has 142 valence electrons. The summed E-state index contributed by atoms with van der Waals surface area (Å²) >= 11 is 7.20. The number of imidazole rings is 1. The summed E-state index contributed by atoms with van der Waals surface area (Å²) < 4.78 is 16.2. The summed E-state index contributed by atoms with van der Waals surface area (Å²) in [5.74, 6) is -0.599. The van der Waals surface area contributed by atoms with Crippen molar-refractivity contribution in [3.05, 3.63) is 57.8 Å². The number of aromatic nitrogens is 6. The molecule has 0 unspecified atom stereocenters. The number of para-hydroxylation sites is 1. The van der Waals surface area contributed by atoms with E-state index >= 15 is 0 Å². The van der Waals surface area contributed by atoms with Crippen LogP contribution in [0, 0.1) is 5.82 Å². The van der Waals surface area contributed by atoms with Crippen molar-refractivity contribution in [2.45, 2.75) is 12.5 Å². The second-order valence-corrected chi connectivity index (χ2v) is 7.78. The molecule has 0 spiro atoms. The van der Waals surface area contributed by atoms with E-state index in [1.54, 1.807) is 24.3 Å². The normalized spacial score (nSPS) is 16.5. The number of nitrogens with zero attached hydrogens (tertiary/aromatic N) is 6. The van der Waals surface area contributed by atoms with Crippen molar-refractivity contribution in [2.24, 2.45) is 7.05 Å². The third-order valence-electron chi connectivity index (χ3n) is 4.73. The second-order valence-electron chi connectivity index (χ2n) is 6.38. The number of hydrogen-bond donors (Lipinski definition) is 1. The van der Waals surface area contributed by atoms with E-state index in [1.165, 1.54) is 22.1 Å². The van der Waals surface area contributed by atoms with E-state index in [2.05, 4.69) is 25.0 Å². The van der Waals surface area contributed by atoms with Crippen molar-refractivity contribution in [3.8, 4) is 0 Å². The Balaban J connectivity index is 1.65. The molecule has 1 aliphatic heterocycles. The second kappa shape index (κ2) is 6.35. The number of hydrogen-bond acceptors (Lipinski definition) is 6. The van der Waals surface area contributed by atoms with Gasteiger partial charge in [-0.3, -0.25) is 4.79 Å². The fraction of sp³-hybridized carbons (Fsp3) is 0.235. The molecule has 0 saturated carbocycles. The van der Waals surface area contributed by atoms with Crippen LogP contribution in [-0.4, -0.2) is 47.1 Å². The number of carbonyl (C=O) groups is 1. The first-order chi connectivity index (χ1) is 13.5. The van der Waals surface area contributed by atoms with Crippen LogP contribution in [0.1, 0.15) is 33.1 Å². The van der Waals surface area contributed by atoms with Gasteiger partial charge in [0.2, 0.25) is 11.1 Å². The molecule has 1 N–H and O–H groups in total. The monoisotopic (exact) mass is 417 g/mol. The van der Waals surface area contributed by atoms with Gasteiger partial charge in [-0.2, -0.15) is 4.98 Å². The predicted octanol–water partition coefficient (Wildman–Crippen LogP) is 2.73. The minimum atomic E-state index is -0.547. The predicted molar refractivity (Wildman–Crippen MR) is 101 cm³/mol. The van der Waals surface area contributed by atoms with E-state index < -0.39 is 11.9 Å². The topological polar surface area (TPSA) is 92.6 Å². The number of aromatic amines is 1. The van der Waals surface area contributed by atoms with Crippen LogP contribution >= 0.6 is 22.9 Å². The SMILES string of the molecule is Cn1nc(Cl)nc1C(=O)N1CCc2[nH]cnc2[C@H]1c1nc2c(F)cccc2s1. The molecule has 1 aliphatic rings. The van der Waals surface area contributed by atoms with Crippen LogP contribution in [0.3, 0.4) is 0 Å². The number of thiazole rings is 1. The Bertz CT molecular complexity index is 1220. The van der Waals surface area contributed by atoms with Gasteiger partial charge in [-0.15, -0.1) is 16.4 Å². The maximum absolute atomic E-state index is 14.2. The zero-order valence-corrected chi connectivity index (χ0v) is 16.1. The molecule has 0 bridgehead atoms. The molecule has 5 rings (SSSR count). The fourth-order valence-corrected chi connectivity index (χ4v) is 4.76. The Kier molecular flexibility index (Phi) is 3.91. The highest BCUT2D eigenvalue weighted by Crippen LogP contribution is 2.38. The zero-order chi connectivity index (χ0) is 19.4. The van der Waals surface area contributed by atoms with Crippen molar-refractivity contribution in [3.63, 3.8) is 0 Å². The number of fused-ring (bicyclic) bond motifs is 2. The molecule has 1 aromatic carbocycles. The van der Waals surface area contributed by atoms with Crippen LogP contribution in [-0.2, 0) is 13.5 Å².